The SMILES string of the molecule is O=C(c1ccccc1)[C@]1(O)OC2(CC2OCc2ccccc2)[C@@H](OCc2ccccc2)[C@H](OCc2ccccc2)[C@H]1OCc1ccccc1. The minimum absolute atomic E-state index is 0.108. The zero-order valence-corrected chi connectivity index (χ0v) is 27.2. The summed E-state index contributed by atoms with van der Waals surface area (Å²) in [6.45, 7) is 0.889. The van der Waals surface area contributed by atoms with Crippen molar-refractivity contribution in [3.05, 3.63) is 179 Å². The van der Waals surface area contributed by atoms with Crippen LogP contribution in [0.25, 0.3) is 0 Å². The van der Waals surface area contributed by atoms with Gasteiger partial charge in [-0.15, -0.1) is 0 Å². The Morgan fingerprint density at radius 3 is 1.41 bits per heavy atom. The van der Waals surface area contributed by atoms with E-state index in [4.69, 9.17) is 23.7 Å². The van der Waals surface area contributed by atoms with Crippen LogP contribution in [0.5, 0.6) is 0 Å². The number of Topliss-reactive ketones (excluding diaryl/α,β-unsaturated/α-hetero) is 1. The van der Waals surface area contributed by atoms with Crippen molar-refractivity contribution in [3.63, 3.8) is 0 Å². The van der Waals surface area contributed by atoms with Crippen molar-refractivity contribution in [2.45, 2.75) is 68.7 Å². The van der Waals surface area contributed by atoms with Gasteiger partial charge in [-0.05, 0) is 22.3 Å². The van der Waals surface area contributed by atoms with Crippen molar-refractivity contribution in [3.8, 4) is 0 Å². The number of hydrogen-bond donors (Lipinski definition) is 1. The van der Waals surface area contributed by atoms with Crippen LogP contribution in [0.4, 0.5) is 0 Å². The third-order valence-electron chi connectivity index (χ3n) is 9.18. The smallest absolute Gasteiger partial charge is 0.261 e. The van der Waals surface area contributed by atoms with E-state index in [1.165, 1.54) is 0 Å². The van der Waals surface area contributed by atoms with Gasteiger partial charge in [0.05, 0.1) is 32.5 Å². The summed E-state index contributed by atoms with van der Waals surface area (Å²) in [5, 5.41) is 12.7. The fraction of sp³-hybridized carbons (Fsp3) is 0.262. The minimum Gasteiger partial charge on any atom is -0.370 e. The molecular weight excluding hydrogens is 616 g/mol. The van der Waals surface area contributed by atoms with Gasteiger partial charge in [0, 0.05) is 12.0 Å². The van der Waals surface area contributed by atoms with Crippen molar-refractivity contribution in [1.82, 2.24) is 0 Å². The molecule has 6 atom stereocenters. The quantitative estimate of drug-likeness (QED) is 0.128. The zero-order chi connectivity index (χ0) is 33.5. The molecule has 5 aromatic carbocycles. The molecule has 2 fully saturated rings. The van der Waals surface area contributed by atoms with Crippen molar-refractivity contribution in [1.29, 1.82) is 0 Å². The molecule has 1 spiro atoms. The molecule has 7 nitrogen and oxygen atoms in total. The Labute approximate surface area is 287 Å². The summed E-state index contributed by atoms with van der Waals surface area (Å²) in [6, 6.07) is 47.8. The Kier molecular flexibility index (Phi) is 10.1. The van der Waals surface area contributed by atoms with Crippen LogP contribution in [-0.2, 0) is 50.1 Å². The average Bonchev–Trinajstić information content (AvgIpc) is 3.85. The molecule has 2 unspecified atom stereocenters. The lowest BCUT2D eigenvalue weighted by molar-refractivity contribution is -0.356. The number of benzene rings is 5. The predicted octanol–water partition coefficient (Wildman–Crippen LogP) is 7.07. The van der Waals surface area contributed by atoms with E-state index >= 15 is 0 Å². The second-order valence-electron chi connectivity index (χ2n) is 12.6. The van der Waals surface area contributed by atoms with Gasteiger partial charge in [-0.25, -0.2) is 0 Å². The van der Waals surface area contributed by atoms with Crippen molar-refractivity contribution in [2.75, 3.05) is 0 Å². The lowest BCUT2D eigenvalue weighted by atomic mass is 9.85. The molecule has 0 amide bonds. The Morgan fingerprint density at radius 2 is 0.939 bits per heavy atom. The van der Waals surface area contributed by atoms with Crippen LogP contribution < -0.4 is 0 Å². The largest absolute Gasteiger partial charge is 0.370 e. The molecule has 5 aromatic rings. The molecule has 1 aliphatic carbocycles. The first-order valence-corrected chi connectivity index (χ1v) is 16.7. The molecule has 1 heterocycles. The van der Waals surface area contributed by atoms with Gasteiger partial charge in [-0.3, -0.25) is 4.79 Å². The average molecular weight is 657 g/mol. The zero-order valence-electron chi connectivity index (χ0n) is 27.2. The second kappa shape index (κ2) is 15.0. The van der Waals surface area contributed by atoms with E-state index in [1.54, 1.807) is 24.3 Å². The van der Waals surface area contributed by atoms with Gasteiger partial charge in [0.25, 0.3) is 5.79 Å². The number of ether oxygens (including phenoxy) is 5. The molecule has 1 aliphatic heterocycles. The van der Waals surface area contributed by atoms with Crippen LogP contribution in [-0.4, -0.2) is 46.7 Å². The molecule has 0 radical (unpaired) electrons. The Morgan fingerprint density at radius 1 is 0.551 bits per heavy atom. The first kappa shape index (κ1) is 33.0. The Bertz CT molecular complexity index is 1770. The Balaban J connectivity index is 1.29. The van der Waals surface area contributed by atoms with Gasteiger partial charge in [0.1, 0.15) is 23.9 Å². The minimum atomic E-state index is -2.42. The van der Waals surface area contributed by atoms with Gasteiger partial charge >= 0.3 is 0 Å². The van der Waals surface area contributed by atoms with E-state index in [2.05, 4.69) is 0 Å². The molecule has 0 aromatic heterocycles. The van der Waals surface area contributed by atoms with E-state index in [0.717, 1.165) is 22.3 Å². The summed E-state index contributed by atoms with van der Waals surface area (Å²) < 4.78 is 33.2. The highest BCUT2D eigenvalue weighted by Crippen LogP contribution is 2.56. The standard InChI is InChI=1S/C42H40O7/c43-38(35-24-14-5-15-25-35)42(44)40(48-30-34-22-12-4-13-23-34)37(46-28-32-18-8-2-9-19-32)39(47-29-33-20-10-3-11-21-33)41(49-42)26-36(41)45-27-31-16-6-1-7-17-31/h1-25,36-37,39-40,44H,26-30H2/t36?,37-,39-,40+,41?,42-/m0/s1. The molecule has 7 rings (SSSR count). The van der Waals surface area contributed by atoms with Crippen LogP contribution in [0.3, 0.4) is 0 Å². The van der Waals surface area contributed by atoms with Gasteiger partial charge in [-0.1, -0.05) is 152 Å². The fourth-order valence-electron chi connectivity index (χ4n) is 6.55. The fourth-order valence-corrected chi connectivity index (χ4v) is 6.55. The van der Waals surface area contributed by atoms with E-state index in [9.17, 15) is 9.90 Å². The summed E-state index contributed by atoms with van der Waals surface area (Å²) in [6.07, 6.45) is -3.04. The highest BCUT2D eigenvalue weighted by Gasteiger charge is 2.75. The summed E-state index contributed by atoms with van der Waals surface area (Å²) in [5.41, 5.74) is 2.86. The highest BCUT2D eigenvalue weighted by atomic mass is 16.7. The van der Waals surface area contributed by atoms with Crippen LogP contribution in [0.15, 0.2) is 152 Å². The van der Waals surface area contributed by atoms with E-state index < -0.39 is 41.6 Å². The number of carbonyl (C=O) groups is 1. The van der Waals surface area contributed by atoms with Crippen molar-refractivity contribution >= 4 is 5.78 Å². The molecule has 1 saturated heterocycles. The molecule has 0 bridgehead atoms. The Hall–Kier alpha value is -4.47. The predicted molar refractivity (Wildman–Crippen MR) is 184 cm³/mol. The molecule has 2 aliphatic rings. The van der Waals surface area contributed by atoms with Crippen LogP contribution in [0, 0.1) is 0 Å². The third-order valence-corrected chi connectivity index (χ3v) is 9.18. The third kappa shape index (κ3) is 7.43. The number of carbonyl (C=O) groups excluding carboxylic acids is 1. The summed E-state index contributed by atoms with van der Waals surface area (Å²) >= 11 is 0. The number of rotatable bonds is 14. The molecular formula is C42H40O7. The monoisotopic (exact) mass is 656 g/mol. The first-order valence-electron chi connectivity index (χ1n) is 16.7. The van der Waals surface area contributed by atoms with Gasteiger partial charge in [-0.2, -0.15) is 0 Å². The lowest BCUT2D eigenvalue weighted by Gasteiger charge is -2.50. The maximum absolute atomic E-state index is 14.5. The molecule has 7 heteroatoms. The summed E-state index contributed by atoms with van der Waals surface area (Å²) in [7, 11) is 0. The van der Waals surface area contributed by atoms with Crippen LogP contribution >= 0.6 is 0 Å². The molecule has 250 valence electrons. The van der Waals surface area contributed by atoms with E-state index in [-0.39, 0.29) is 19.8 Å². The summed E-state index contributed by atoms with van der Waals surface area (Å²) in [5.74, 6) is -3.04. The maximum atomic E-state index is 14.5. The van der Waals surface area contributed by atoms with E-state index in [1.807, 2.05) is 127 Å². The number of aliphatic hydroxyl groups is 1. The van der Waals surface area contributed by atoms with Crippen LogP contribution in [0.2, 0.25) is 0 Å². The van der Waals surface area contributed by atoms with Crippen molar-refractivity contribution in [2.24, 2.45) is 0 Å². The summed E-state index contributed by atoms with van der Waals surface area (Å²) in [4.78, 5) is 14.5. The van der Waals surface area contributed by atoms with Gasteiger partial charge in [0.2, 0.25) is 5.78 Å². The second-order valence-corrected chi connectivity index (χ2v) is 12.6. The van der Waals surface area contributed by atoms with Gasteiger partial charge in [0.15, 0.2) is 0 Å². The van der Waals surface area contributed by atoms with Crippen LogP contribution in [0.1, 0.15) is 39.0 Å². The normalized spacial score (nSPS) is 26.0. The lowest BCUT2D eigenvalue weighted by Crippen LogP contribution is -2.71. The number of ketones is 1. The van der Waals surface area contributed by atoms with Gasteiger partial charge < -0.3 is 28.8 Å². The maximum Gasteiger partial charge on any atom is 0.261 e. The van der Waals surface area contributed by atoms with E-state index in [0.29, 0.717) is 18.6 Å². The first-order chi connectivity index (χ1) is 24.0. The molecule has 1 N–H and O–H groups in total. The van der Waals surface area contributed by atoms with Crippen molar-refractivity contribution < 1.29 is 33.6 Å². The molecule has 1 saturated carbocycles. The molecule has 49 heavy (non-hydrogen) atoms. The number of hydrogen-bond acceptors (Lipinski definition) is 7. The highest BCUT2D eigenvalue weighted by molar-refractivity contribution is 6.02. The topological polar surface area (TPSA) is 83.5 Å².